The van der Waals surface area contributed by atoms with E-state index in [1.54, 1.807) is 51.1 Å². The van der Waals surface area contributed by atoms with Crippen molar-refractivity contribution in [2.24, 2.45) is 0 Å². The molecule has 0 bridgehead atoms. The topological polar surface area (TPSA) is 75.0 Å². The Balaban J connectivity index is 2.15. The Morgan fingerprint density at radius 2 is 1.87 bits per heavy atom. The zero-order valence-electron chi connectivity index (χ0n) is 17.1. The minimum Gasteiger partial charge on any atom is -0.497 e. The number of thioether (sulfide) groups is 1. The van der Waals surface area contributed by atoms with Crippen LogP contribution in [0.4, 0.5) is 18.9 Å². The number of amides is 1. The van der Waals surface area contributed by atoms with Crippen LogP contribution in [0.5, 0.6) is 5.75 Å². The molecule has 0 aliphatic heterocycles. The van der Waals surface area contributed by atoms with Gasteiger partial charge in [-0.15, -0.1) is 11.8 Å². The molecule has 2 rings (SSSR count). The van der Waals surface area contributed by atoms with Crippen molar-refractivity contribution in [3.8, 4) is 11.8 Å². The van der Waals surface area contributed by atoms with E-state index >= 15 is 0 Å². The molecule has 0 radical (unpaired) electrons. The summed E-state index contributed by atoms with van der Waals surface area (Å²) in [6, 6.07) is 9.31. The van der Waals surface area contributed by atoms with Gasteiger partial charge in [-0.1, -0.05) is 20.8 Å². The van der Waals surface area contributed by atoms with Gasteiger partial charge < -0.3 is 10.1 Å². The number of aromatic nitrogens is 1. The van der Waals surface area contributed by atoms with Gasteiger partial charge in [-0.2, -0.15) is 18.4 Å². The molecule has 1 amide bonds. The maximum atomic E-state index is 13.5. The fourth-order valence-electron chi connectivity index (χ4n) is 2.48. The number of nitrogens with zero attached hydrogens (tertiary/aromatic N) is 2. The van der Waals surface area contributed by atoms with Crippen LogP contribution in [0.3, 0.4) is 0 Å². The van der Waals surface area contributed by atoms with Crippen molar-refractivity contribution in [3.05, 3.63) is 47.2 Å². The molecule has 9 heteroatoms. The Labute approximate surface area is 177 Å². The monoisotopic (exact) mass is 437 g/mol. The van der Waals surface area contributed by atoms with E-state index in [1.165, 1.54) is 7.11 Å². The summed E-state index contributed by atoms with van der Waals surface area (Å²) in [6.07, 6.45) is -4.63. The second-order valence-corrected chi connectivity index (χ2v) is 8.55. The number of pyridine rings is 1. The van der Waals surface area contributed by atoms with Gasteiger partial charge in [0.2, 0.25) is 5.91 Å². The summed E-state index contributed by atoms with van der Waals surface area (Å²) in [4.78, 5) is 16.4. The minimum atomic E-state index is -4.67. The van der Waals surface area contributed by atoms with Crippen molar-refractivity contribution in [2.45, 2.75) is 43.8 Å². The standard InChI is InChI=1S/C21H22F3N3O2S/c1-20(2,3)17-11-16(21(22,23)24)15(12-25)19(27-17)30-10-9-18(28)26-13-5-7-14(29-4)8-6-13/h5-8,11H,9-10H2,1-4H3,(H,26,28). The summed E-state index contributed by atoms with van der Waals surface area (Å²) in [7, 11) is 1.53. The number of carbonyl (C=O) groups is 1. The van der Waals surface area contributed by atoms with Crippen LogP contribution in [0.1, 0.15) is 44.0 Å². The van der Waals surface area contributed by atoms with Crippen molar-refractivity contribution in [1.29, 1.82) is 5.26 Å². The number of ether oxygens (including phenoxy) is 1. The molecule has 0 spiro atoms. The highest BCUT2D eigenvalue weighted by Gasteiger charge is 2.37. The fraction of sp³-hybridized carbons (Fsp3) is 0.381. The number of anilines is 1. The van der Waals surface area contributed by atoms with Crippen LogP contribution in [0.15, 0.2) is 35.4 Å². The number of alkyl halides is 3. The molecule has 1 N–H and O–H groups in total. The van der Waals surface area contributed by atoms with Crippen molar-refractivity contribution in [3.63, 3.8) is 0 Å². The largest absolute Gasteiger partial charge is 0.497 e. The van der Waals surface area contributed by atoms with Crippen molar-refractivity contribution < 1.29 is 22.7 Å². The van der Waals surface area contributed by atoms with Gasteiger partial charge in [0, 0.05) is 29.0 Å². The Morgan fingerprint density at radius 1 is 1.23 bits per heavy atom. The lowest BCUT2D eigenvalue weighted by Crippen LogP contribution is -2.19. The average molecular weight is 437 g/mol. The minimum absolute atomic E-state index is 0.0190. The molecule has 0 atom stereocenters. The van der Waals surface area contributed by atoms with Gasteiger partial charge in [0.05, 0.1) is 18.2 Å². The zero-order chi connectivity index (χ0) is 22.5. The highest BCUT2D eigenvalue weighted by Crippen LogP contribution is 2.38. The first-order valence-electron chi connectivity index (χ1n) is 9.05. The molecule has 5 nitrogen and oxygen atoms in total. The van der Waals surface area contributed by atoms with E-state index in [1.807, 2.05) is 0 Å². The van der Waals surface area contributed by atoms with Crippen LogP contribution in [-0.2, 0) is 16.4 Å². The van der Waals surface area contributed by atoms with Crippen LogP contribution >= 0.6 is 11.8 Å². The van der Waals surface area contributed by atoms with Crippen LogP contribution in [0, 0.1) is 11.3 Å². The van der Waals surface area contributed by atoms with Crippen LogP contribution < -0.4 is 10.1 Å². The second-order valence-electron chi connectivity index (χ2n) is 7.47. The van der Waals surface area contributed by atoms with Crippen LogP contribution in [0.2, 0.25) is 0 Å². The van der Waals surface area contributed by atoms with E-state index in [0.717, 1.165) is 17.8 Å². The third-order valence-corrected chi connectivity index (χ3v) is 5.09. The summed E-state index contributed by atoms with van der Waals surface area (Å²) in [5, 5.41) is 12.0. The predicted molar refractivity (Wildman–Crippen MR) is 110 cm³/mol. The highest BCUT2D eigenvalue weighted by molar-refractivity contribution is 7.99. The molecule has 0 saturated heterocycles. The number of carbonyl (C=O) groups excluding carboxylic acids is 1. The summed E-state index contributed by atoms with van der Waals surface area (Å²) in [5.74, 6) is 0.529. The summed E-state index contributed by atoms with van der Waals surface area (Å²) >= 11 is 0.963. The maximum Gasteiger partial charge on any atom is 0.417 e. The fourth-order valence-corrected chi connectivity index (χ4v) is 3.42. The zero-order valence-corrected chi connectivity index (χ0v) is 17.9. The van der Waals surface area contributed by atoms with E-state index in [0.29, 0.717) is 11.4 Å². The first kappa shape index (κ1) is 23.5. The summed E-state index contributed by atoms with van der Waals surface area (Å²) in [6.45, 7) is 5.24. The number of methoxy groups -OCH3 is 1. The molecule has 160 valence electrons. The molecule has 0 saturated carbocycles. The summed E-state index contributed by atoms with van der Waals surface area (Å²) in [5.41, 5.74) is -1.34. The van der Waals surface area contributed by atoms with E-state index in [-0.39, 0.29) is 28.8 Å². The lowest BCUT2D eigenvalue weighted by molar-refractivity contribution is -0.138. The molecule has 1 aromatic carbocycles. The van der Waals surface area contributed by atoms with Gasteiger partial charge in [0.25, 0.3) is 0 Å². The van der Waals surface area contributed by atoms with E-state index < -0.39 is 22.7 Å². The van der Waals surface area contributed by atoms with Gasteiger partial charge >= 0.3 is 6.18 Å². The average Bonchev–Trinajstić information content (AvgIpc) is 2.66. The van der Waals surface area contributed by atoms with Gasteiger partial charge in [-0.05, 0) is 30.3 Å². The lowest BCUT2D eigenvalue weighted by atomic mass is 9.90. The molecule has 0 fully saturated rings. The number of hydrogen-bond acceptors (Lipinski definition) is 5. The van der Waals surface area contributed by atoms with Crippen molar-refractivity contribution >= 4 is 23.4 Å². The molecule has 2 aromatic rings. The first-order valence-corrected chi connectivity index (χ1v) is 10.0. The first-order chi connectivity index (χ1) is 14.0. The van der Waals surface area contributed by atoms with Gasteiger partial charge in [-0.3, -0.25) is 4.79 Å². The van der Waals surface area contributed by atoms with E-state index in [2.05, 4.69) is 10.3 Å². The molecule has 0 aliphatic carbocycles. The normalized spacial score (nSPS) is 11.7. The lowest BCUT2D eigenvalue weighted by Gasteiger charge is -2.21. The van der Waals surface area contributed by atoms with Gasteiger partial charge in [0.15, 0.2) is 0 Å². The Kier molecular flexibility index (Phi) is 7.37. The number of halogens is 3. The SMILES string of the molecule is COc1ccc(NC(=O)CCSc2nc(C(C)(C)C)cc(C(F)(F)F)c2C#N)cc1. The Morgan fingerprint density at radius 3 is 2.37 bits per heavy atom. The Bertz CT molecular complexity index is 946. The number of rotatable bonds is 6. The maximum absolute atomic E-state index is 13.5. The predicted octanol–water partition coefficient (Wildman–Crippen LogP) is 5.40. The molecule has 1 aromatic heterocycles. The van der Waals surface area contributed by atoms with Crippen LogP contribution in [-0.4, -0.2) is 23.8 Å². The molecular formula is C21H22F3N3O2S. The van der Waals surface area contributed by atoms with E-state index in [9.17, 15) is 23.2 Å². The molecule has 30 heavy (non-hydrogen) atoms. The number of nitriles is 1. The third-order valence-electron chi connectivity index (χ3n) is 4.11. The number of hydrogen-bond donors (Lipinski definition) is 1. The quantitative estimate of drug-likeness (QED) is 0.613. The number of nitrogens with one attached hydrogen (secondary N) is 1. The van der Waals surface area contributed by atoms with Gasteiger partial charge in [0.1, 0.15) is 16.8 Å². The Hall–Kier alpha value is -2.73. The second kappa shape index (κ2) is 9.39. The molecule has 1 heterocycles. The van der Waals surface area contributed by atoms with Crippen molar-refractivity contribution in [1.82, 2.24) is 4.98 Å². The van der Waals surface area contributed by atoms with E-state index in [4.69, 9.17) is 4.74 Å². The molecular weight excluding hydrogens is 415 g/mol. The number of benzene rings is 1. The van der Waals surface area contributed by atoms with Crippen LogP contribution in [0.25, 0.3) is 0 Å². The van der Waals surface area contributed by atoms with Gasteiger partial charge in [-0.25, -0.2) is 4.98 Å². The molecule has 0 aliphatic rings. The third kappa shape index (κ3) is 6.13. The smallest absolute Gasteiger partial charge is 0.417 e. The highest BCUT2D eigenvalue weighted by atomic mass is 32.2. The van der Waals surface area contributed by atoms with Crippen molar-refractivity contribution in [2.75, 3.05) is 18.2 Å². The summed E-state index contributed by atoms with van der Waals surface area (Å²) < 4.78 is 45.5. The molecule has 0 unspecified atom stereocenters.